The topological polar surface area (TPSA) is 57.3 Å². The van der Waals surface area contributed by atoms with E-state index >= 15 is 0 Å². The van der Waals surface area contributed by atoms with E-state index in [1.54, 1.807) is 18.8 Å². The molecule has 1 aliphatic rings. The van der Waals surface area contributed by atoms with Crippen LogP contribution in [0.5, 0.6) is 5.75 Å². The third-order valence-corrected chi connectivity index (χ3v) is 4.31. The number of Topliss-reactive ketones (excluding diaryl/α,β-unsaturated/α-hetero) is 1. The van der Waals surface area contributed by atoms with Crippen LogP contribution in [0.15, 0.2) is 65.3 Å². The molecule has 0 bridgehead atoms. The smallest absolute Gasteiger partial charge is 0.189 e. The maximum Gasteiger partial charge on any atom is 0.189 e. The number of hydrogen-bond acceptors (Lipinski definition) is 4. The van der Waals surface area contributed by atoms with E-state index in [4.69, 9.17) is 9.15 Å². The van der Waals surface area contributed by atoms with E-state index in [0.29, 0.717) is 18.8 Å². The van der Waals surface area contributed by atoms with Crippen LogP contribution in [0.1, 0.15) is 28.1 Å². The largest absolute Gasteiger partial charge is 0.492 e. The van der Waals surface area contributed by atoms with Crippen LogP contribution in [-0.4, -0.2) is 21.9 Å². The van der Waals surface area contributed by atoms with Gasteiger partial charge >= 0.3 is 0 Å². The lowest BCUT2D eigenvalue weighted by Gasteiger charge is -2.18. The van der Waals surface area contributed by atoms with Gasteiger partial charge in [0, 0.05) is 23.5 Å². The lowest BCUT2D eigenvalue weighted by molar-refractivity contribution is 0.102. The fourth-order valence-corrected chi connectivity index (χ4v) is 3.01. The van der Waals surface area contributed by atoms with Crippen molar-refractivity contribution >= 4 is 11.9 Å². The molecule has 5 heteroatoms. The predicted molar refractivity (Wildman–Crippen MR) is 93.5 cm³/mol. The highest BCUT2D eigenvalue weighted by Gasteiger charge is 2.22. The van der Waals surface area contributed by atoms with Gasteiger partial charge in [0.05, 0.1) is 19.1 Å². The summed E-state index contributed by atoms with van der Waals surface area (Å²) in [5.41, 5.74) is 2.59. The normalized spacial score (nSPS) is 15.4. The van der Waals surface area contributed by atoms with Gasteiger partial charge in [-0.25, -0.2) is 4.98 Å². The quantitative estimate of drug-likeness (QED) is 0.667. The van der Waals surface area contributed by atoms with Gasteiger partial charge < -0.3 is 13.7 Å². The average molecular weight is 334 g/mol. The number of benzene rings is 1. The third-order valence-electron chi connectivity index (χ3n) is 4.31. The summed E-state index contributed by atoms with van der Waals surface area (Å²) < 4.78 is 13.1. The maximum absolute atomic E-state index is 12.7. The number of imidazole rings is 1. The SMILES string of the molecule is O=C1C(=Cc2ccco2)CCc2cc(OCCn3ccnc3)ccc21. The predicted octanol–water partition coefficient (Wildman–Crippen LogP) is 3.77. The van der Waals surface area contributed by atoms with Crippen LogP contribution in [0, 0.1) is 0 Å². The van der Waals surface area contributed by atoms with Crippen molar-refractivity contribution in [3.63, 3.8) is 0 Å². The van der Waals surface area contributed by atoms with Crippen LogP contribution < -0.4 is 4.74 Å². The number of carbonyl (C=O) groups is 1. The summed E-state index contributed by atoms with van der Waals surface area (Å²) in [6, 6.07) is 9.37. The molecule has 0 saturated carbocycles. The number of nitrogens with zero attached hydrogens (tertiary/aromatic N) is 2. The van der Waals surface area contributed by atoms with E-state index < -0.39 is 0 Å². The zero-order valence-electron chi connectivity index (χ0n) is 13.7. The van der Waals surface area contributed by atoms with E-state index in [1.165, 1.54) is 0 Å². The molecule has 0 atom stereocenters. The van der Waals surface area contributed by atoms with Gasteiger partial charge in [0.25, 0.3) is 0 Å². The summed E-state index contributed by atoms with van der Waals surface area (Å²) in [5.74, 6) is 1.58. The highest BCUT2D eigenvalue weighted by Crippen LogP contribution is 2.29. The minimum Gasteiger partial charge on any atom is -0.492 e. The zero-order chi connectivity index (χ0) is 17.1. The summed E-state index contributed by atoms with van der Waals surface area (Å²) in [5, 5.41) is 0. The van der Waals surface area contributed by atoms with Crippen LogP contribution in [0.3, 0.4) is 0 Å². The number of ketones is 1. The van der Waals surface area contributed by atoms with E-state index in [2.05, 4.69) is 4.98 Å². The molecule has 0 spiro atoms. The van der Waals surface area contributed by atoms with Crippen LogP contribution in [-0.2, 0) is 13.0 Å². The molecule has 2 heterocycles. The Morgan fingerprint density at radius 3 is 3.04 bits per heavy atom. The number of ether oxygens (including phenoxy) is 1. The first kappa shape index (κ1) is 15.4. The molecule has 0 aliphatic heterocycles. The molecular weight excluding hydrogens is 316 g/mol. The fraction of sp³-hybridized carbons (Fsp3) is 0.200. The van der Waals surface area contributed by atoms with Gasteiger partial charge in [-0.2, -0.15) is 0 Å². The van der Waals surface area contributed by atoms with Crippen molar-refractivity contribution in [3.8, 4) is 5.75 Å². The van der Waals surface area contributed by atoms with Gasteiger partial charge in [0.1, 0.15) is 18.1 Å². The van der Waals surface area contributed by atoms with Crippen molar-refractivity contribution in [2.75, 3.05) is 6.61 Å². The number of furan rings is 1. The molecule has 1 aromatic carbocycles. The lowest BCUT2D eigenvalue weighted by Crippen LogP contribution is -2.14. The lowest BCUT2D eigenvalue weighted by atomic mass is 9.86. The van der Waals surface area contributed by atoms with Crippen molar-refractivity contribution in [2.24, 2.45) is 0 Å². The van der Waals surface area contributed by atoms with Crippen LogP contribution in [0.4, 0.5) is 0 Å². The van der Waals surface area contributed by atoms with Crippen molar-refractivity contribution in [3.05, 3.63) is 77.8 Å². The Labute approximate surface area is 145 Å². The second-order valence-electron chi connectivity index (χ2n) is 5.98. The second-order valence-corrected chi connectivity index (χ2v) is 5.98. The van der Waals surface area contributed by atoms with Crippen LogP contribution in [0.25, 0.3) is 6.08 Å². The third kappa shape index (κ3) is 3.40. The van der Waals surface area contributed by atoms with Gasteiger partial charge in [0.15, 0.2) is 5.78 Å². The number of aromatic nitrogens is 2. The molecule has 0 unspecified atom stereocenters. The summed E-state index contributed by atoms with van der Waals surface area (Å²) in [7, 11) is 0. The molecule has 0 N–H and O–H groups in total. The Hall–Kier alpha value is -3.08. The minimum absolute atomic E-state index is 0.0719. The van der Waals surface area contributed by atoms with Crippen molar-refractivity contribution in [1.29, 1.82) is 0 Å². The summed E-state index contributed by atoms with van der Waals surface area (Å²) in [6.45, 7) is 1.30. The maximum atomic E-state index is 12.7. The van der Waals surface area contributed by atoms with Crippen LogP contribution >= 0.6 is 0 Å². The Balaban J connectivity index is 1.46. The van der Waals surface area contributed by atoms with Crippen molar-refractivity contribution in [2.45, 2.75) is 19.4 Å². The van der Waals surface area contributed by atoms with E-state index in [-0.39, 0.29) is 5.78 Å². The standard InChI is InChI=1S/C20H18N2O3/c23-20-16(13-17-2-1-10-24-17)4-3-15-12-18(5-6-19(15)20)25-11-9-22-8-7-21-14-22/h1-2,5-8,10,12-14H,3-4,9,11H2. The fourth-order valence-electron chi connectivity index (χ4n) is 3.01. The van der Waals surface area contributed by atoms with Gasteiger partial charge in [0.2, 0.25) is 0 Å². The molecule has 3 aromatic rings. The molecule has 2 aromatic heterocycles. The molecule has 4 rings (SSSR count). The molecule has 5 nitrogen and oxygen atoms in total. The average Bonchev–Trinajstić information content (AvgIpc) is 3.31. The highest BCUT2D eigenvalue weighted by atomic mass is 16.5. The van der Waals surface area contributed by atoms with Gasteiger partial charge in [-0.05, 0) is 54.8 Å². The van der Waals surface area contributed by atoms with Crippen LogP contribution in [0.2, 0.25) is 0 Å². The Kier molecular flexibility index (Phi) is 4.21. The summed E-state index contributed by atoms with van der Waals surface area (Å²) in [6.07, 6.45) is 10.4. The Morgan fingerprint density at radius 2 is 2.24 bits per heavy atom. The molecule has 0 amide bonds. The second kappa shape index (κ2) is 6.81. The molecule has 25 heavy (non-hydrogen) atoms. The Morgan fingerprint density at radius 1 is 1.28 bits per heavy atom. The van der Waals surface area contributed by atoms with Crippen molar-refractivity contribution < 1.29 is 13.9 Å². The molecule has 126 valence electrons. The summed E-state index contributed by atoms with van der Waals surface area (Å²) >= 11 is 0. The number of hydrogen-bond donors (Lipinski definition) is 0. The van der Waals surface area contributed by atoms with E-state index in [0.717, 1.165) is 35.4 Å². The Bertz CT molecular complexity index is 893. The van der Waals surface area contributed by atoms with E-state index in [9.17, 15) is 4.79 Å². The molecule has 0 fully saturated rings. The summed E-state index contributed by atoms with van der Waals surface area (Å²) in [4.78, 5) is 16.7. The van der Waals surface area contributed by atoms with E-state index in [1.807, 2.05) is 47.2 Å². The van der Waals surface area contributed by atoms with Gasteiger partial charge in [-0.1, -0.05) is 0 Å². The first-order valence-electron chi connectivity index (χ1n) is 8.30. The first-order valence-corrected chi connectivity index (χ1v) is 8.30. The number of fused-ring (bicyclic) bond motifs is 1. The zero-order valence-corrected chi connectivity index (χ0v) is 13.7. The van der Waals surface area contributed by atoms with Gasteiger partial charge in [-0.15, -0.1) is 0 Å². The molecule has 0 saturated heterocycles. The minimum atomic E-state index is 0.0719. The monoisotopic (exact) mass is 334 g/mol. The highest BCUT2D eigenvalue weighted by molar-refractivity contribution is 6.13. The van der Waals surface area contributed by atoms with Crippen molar-refractivity contribution in [1.82, 2.24) is 9.55 Å². The number of allylic oxidation sites excluding steroid dienone is 1. The molecule has 1 aliphatic carbocycles. The number of aryl methyl sites for hydroxylation is 1. The number of carbonyl (C=O) groups excluding carboxylic acids is 1. The van der Waals surface area contributed by atoms with Gasteiger partial charge in [-0.3, -0.25) is 4.79 Å². The number of rotatable bonds is 5. The first-order chi connectivity index (χ1) is 12.3. The molecular formula is C20H18N2O3. The molecule has 0 radical (unpaired) electrons.